The maximum Gasteiger partial charge on any atom is 0.357 e. The number of hydrogen-bond donors (Lipinski definition) is 1. The molecule has 0 saturated heterocycles. The number of thiazole rings is 2. The lowest BCUT2D eigenvalue weighted by Crippen LogP contribution is -2.04. The zero-order chi connectivity index (χ0) is 15.9. The average Bonchev–Trinajstić information content (AvgIpc) is 3.11. The molecule has 0 atom stereocenters. The number of aromatic hydroxyl groups is 1. The summed E-state index contributed by atoms with van der Waals surface area (Å²) in [7, 11) is 0. The number of carbonyl (C=O) groups excluding carboxylic acids is 1. The lowest BCUT2D eigenvalue weighted by molar-refractivity contribution is 0.0520. The number of rotatable bonds is 3. The van der Waals surface area contributed by atoms with Gasteiger partial charge in [-0.25, -0.2) is 14.8 Å². The number of fused-ring (bicyclic) bond motifs is 1. The predicted molar refractivity (Wildman–Crippen MR) is 88.4 cm³/mol. The first kappa shape index (κ1) is 15.5. The van der Waals surface area contributed by atoms with Crippen LogP contribution in [0.2, 0.25) is 10.0 Å². The van der Waals surface area contributed by atoms with Gasteiger partial charge in [-0.15, -0.1) is 22.7 Å². The van der Waals surface area contributed by atoms with Gasteiger partial charge in [0, 0.05) is 5.38 Å². The molecule has 0 unspecified atom stereocenters. The van der Waals surface area contributed by atoms with Crippen molar-refractivity contribution in [3.63, 3.8) is 0 Å². The van der Waals surface area contributed by atoms with E-state index in [2.05, 4.69) is 9.97 Å². The Balaban J connectivity index is 2.04. The lowest BCUT2D eigenvalue weighted by atomic mass is 10.3. The number of ether oxygens (including phenoxy) is 1. The molecule has 5 nitrogen and oxygen atoms in total. The van der Waals surface area contributed by atoms with Crippen LogP contribution >= 0.6 is 45.9 Å². The second-order valence-corrected chi connectivity index (χ2v) is 6.79. The molecule has 0 spiro atoms. The molecule has 0 bridgehead atoms. The summed E-state index contributed by atoms with van der Waals surface area (Å²) in [6, 6.07) is 1.54. The zero-order valence-electron chi connectivity index (χ0n) is 11.1. The van der Waals surface area contributed by atoms with Crippen LogP contribution in [0.5, 0.6) is 5.75 Å². The normalized spacial score (nSPS) is 11.0. The Morgan fingerprint density at radius 3 is 2.86 bits per heavy atom. The minimum absolute atomic E-state index is 0.140. The predicted octanol–water partition coefficient (Wildman–Crippen LogP) is 4.61. The van der Waals surface area contributed by atoms with Gasteiger partial charge in [0.15, 0.2) is 21.5 Å². The third-order valence-electron chi connectivity index (χ3n) is 2.72. The Kier molecular flexibility index (Phi) is 4.22. The van der Waals surface area contributed by atoms with Gasteiger partial charge in [0.25, 0.3) is 0 Å². The van der Waals surface area contributed by atoms with Gasteiger partial charge in [-0.3, -0.25) is 0 Å². The van der Waals surface area contributed by atoms with Gasteiger partial charge in [-0.1, -0.05) is 23.2 Å². The summed E-state index contributed by atoms with van der Waals surface area (Å²) >= 11 is 14.5. The standard InChI is InChI=1S/C13H8Cl2N2O3S2/c1-2-20-13(19)7-4-21-11(17-7)12-16-6-3-5(14)9(18)8(15)10(6)22-12/h3-4,18H,2H2,1H3. The van der Waals surface area contributed by atoms with Crippen molar-refractivity contribution in [2.24, 2.45) is 0 Å². The summed E-state index contributed by atoms with van der Waals surface area (Å²) in [5.74, 6) is -0.637. The molecule has 1 N–H and O–H groups in total. The number of benzene rings is 1. The molecule has 114 valence electrons. The molecule has 0 saturated carbocycles. The summed E-state index contributed by atoms with van der Waals surface area (Å²) in [6.07, 6.45) is 0. The van der Waals surface area contributed by atoms with Crippen molar-refractivity contribution in [3.05, 3.63) is 27.2 Å². The Morgan fingerprint density at radius 2 is 2.14 bits per heavy atom. The first-order chi connectivity index (χ1) is 10.5. The highest BCUT2D eigenvalue weighted by molar-refractivity contribution is 7.25. The molecule has 0 aliphatic carbocycles. The second-order valence-electron chi connectivity index (χ2n) is 4.15. The molecule has 0 radical (unpaired) electrons. The van der Waals surface area contributed by atoms with Gasteiger partial charge in [0.2, 0.25) is 0 Å². The molecule has 0 fully saturated rings. The minimum atomic E-state index is -0.468. The number of phenols is 1. The van der Waals surface area contributed by atoms with Crippen molar-refractivity contribution < 1.29 is 14.6 Å². The molecule has 0 aliphatic rings. The van der Waals surface area contributed by atoms with E-state index >= 15 is 0 Å². The number of carbonyl (C=O) groups is 1. The van der Waals surface area contributed by atoms with Crippen LogP contribution in [-0.2, 0) is 4.74 Å². The van der Waals surface area contributed by atoms with Crippen LogP contribution in [0.1, 0.15) is 17.4 Å². The van der Waals surface area contributed by atoms with Crippen molar-refractivity contribution >= 4 is 62.1 Å². The zero-order valence-corrected chi connectivity index (χ0v) is 14.2. The topological polar surface area (TPSA) is 72.3 Å². The number of phenolic OH excluding ortho intramolecular Hbond substituents is 1. The highest BCUT2D eigenvalue weighted by Crippen LogP contribution is 2.43. The van der Waals surface area contributed by atoms with Crippen LogP contribution in [0.4, 0.5) is 0 Å². The van der Waals surface area contributed by atoms with E-state index in [0.717, 1.165) is 0 Å². The fraction of sp³-hybridized carbons (Fsp3) is 0.154. The van der Waals surface area contributed by atoms with Crippen molar-refractivity contribution in [2.45, 2.75) is 6.92 Å². The van der Waals surface area contributed by atoms with Gasteiger partial charge in [0.1, 0.15) is 5.02 Å². The molecule has 2 heterocycles. The van der Waals surface area contributed by atoms with Crippen LogP contribution in [0.15, 0.2) is 11.4 Å². The lowest BCUT2D eigenvalue weighted by Gasteiger charge is -1.98. The first-order valence-corrected chi connectivity index (χ1v) is 8.57. The third kappa shape index (κ3) is 2.65. The fourth-order valence-corrected chi connectivity index (χ4v) is 4.12. The minimum Gasteiger partial charge on any atom is -0.505 e. The van der Waals surface area contributed by atoms with Crippen molar-refractivity contribution in [3.8, 4) is 15.8 Å². The Hall–Kier alpha value is -1.41. The van der Waals surface area contributed by atoms with E-state index in [4.69, 9.17) is 27.9 Å². The molecular weight excluding hydrogens is 367 g/mol. The van der Waals surface area contributed by atoms with Crippen LogP contribution in [0, 0.1) is 0 Å². The van der Waals surface area contributed by atoms with Gasteiger partial charge in [-0.05, 0) is 13.0 Å². The fourth-order valence-electron chi connectivity index (χ4n) is 1.75. The summed E-state index contributed by atoms with van der Waals surface area (Å²) in [5, 5.41) is 12.9. The van der Waals surface area contributed by atoms with Gasteiger partial charge < -0.3 is 9.84 Å². The van der Waals surface area contributed by atoms with Crippen LogP contribution < -0.4 is 0 Å². The summed E-state index contributed by atoms with van der Waals surface area (Å²) < 4.78 is 5.52. The van der Waals surface area contributed by atoms with E-state index in [1.54, 1.807) is 12.3 Å². The van der Waals surface area contributed by atoms with E-state index in [1.165, 1.54) is 28.7 Å². The molecule has 3 rings (SSSR count). The third-order valence-corrected chi connectivity index (χ3v) is 5.56. The molecular formula is C13H8Cl2N2O3S2. The van der Waals surface area contributed by atoms with Crippen molar-refractivity contribution in [1.29, 1.82) is 0 Å². The highest BCUT2D eigenvalue weighted by atomic mass is 35.5. The summed E-state index contributed by atoms with van der Waals surface area (Å²) in [6.45, 7) is 2.02. The highest BCUT2D eigenvalue weighted by Gasteiger charge is 2.18. The summed E-state index contributed by atoms with van der Waals surface area (Å²) in [4.78, 5) is 20.3. The number of hydrogen-bond acceptors (Lipinski definition) is 7. The van der Waals surface area contributed by atoms with Crippen LogP contribution in [0.25, 0.3) is 20.2 Å². The quantitative estimate of drug-likeness (QED) is 0.677. The molecule has 22 heavy (non-hydrogen) atoms. The molecule has 9 heteroatoms. The Bertz CT molecular complexity index is 876. The average molecular weight is 375 g/mol. The number of nitrogens with zero attached hydrogens (tertiary/aromatic N) is 2. The summed E-state index contributed by atoms with van der Waals surface area (Å²) in [5.41, 5.74) is 0.814. The molecule has 2 aromatic heterocycles. The largest absolute Gasteiger partial charge is 0.505 e. The van der Waals surface area contributed by atoms with E-state index < -0.39 is 5.97 Å². The smallest absolute Gasteiger partial charge is 0.357 e. The maximum absolute atomic E-state index is 11.6. The van der Waals surface area contributed by atoms with E-state index in [-0.39, 0.29) is 21.5 Å². The number of aromatic nitrogens is 2. The van der Waals surface area contributed by atoms with Crippen molar-refractivity contribution in [1.82, 2.24) is 9.97 Å². The van der Waals surface area contributed by atoms with Gasteiger partial charge in [-0.2, -0.15) is 0 Å². The Labute approximate surface area is 143 Å². The van der Waals surface area contributed by atoms with E-state index in [1.807, 2.05) is 0 Å². The first-order valence-electron chi connectivity index (χ1n) is 6.11. The van der Waals surface area contributed by atoms with Gasteiger partial charge >= 0.3 is 5.97 Å². The van der Waals surface area contributed by atoms with Gasteiger partial charge in [0.05, 0.1) is 21.8 Å². The monoisotopic (exact) mass is 374 g/mol. The molecule has 1 aromatic carbocycles. The number of halogens is 2. The molecule has 0 aliphatic heterocycles. The SMILES string of the molecule is CCOC(=O)c1csc(-c2nc3cc(Cl)c(O)c(Cl)c3s2)n1. The van der Waals surface area contributed by atoms with E-state index in [0.29, 0.717) is 26.8 Å². The van der Waals surface area contributed by atoms with Crippen LogP contribution in [-0.4, -0.2) is 27.7 Å². The van der Waals surface area contributed by atoms with E-state index in [9.17, 15) is 9.90 Å². The van der Waals surface area contributed by atoms with Crippen molar-refractivity contribution in [2.75, 3.05) is 6.61 Å². The Morgan fingerprint density at radius 1 is 1.36 bits per heavy atom. The molecule has 0 amide bonds. The van der Waals surface area contributed by atoms with Crippen LogP contribution in [0.3, 0.4) is 0 Å². The number of esters is 1. The maximum atomic E-state index is 11.6. The molecule has 3 aromatic rings. The second kappa shape index (κ2) is 6.00.